The Morgan fingerprint density at radius 2 is 1.61 bits per heavy atom. The molecule has 0 aliphatic carbocycles. The molecule has 1 saturated heterocycles. The van der Waals surface area contributed by atoms with Crippen LogP contribution in [0.25, 0.3) is 0 Å². The van der Waals surface area contributed by atoms with Crippen LogP contribution in [0.3, 0.4) is 0 Å². The number of unbranched alkanes of at least 4 members (excludes halogenated alkanes) is 1. The van der Waals surface area contributed by atoms with Crippen molar-refractivity contribution in [3.8, 4) is 0 Å². The molecule has 1 heterocycles. The number of hydrogen-bond donors (Lipinski definition) is 7. The molecule has 0 aromatic heterocycles. The second-order valence-electron chi connectivity index (χ2n) is 7.88. The van der Waals surface area contributed by atoms with Gasteiger partial charge in [0, 0.05) is 6.54 Å². The van der Waals surface area contributed by atoms with Gasteiger partial charge < -0.3 is 43.6 Å². The Labute approximate surface area is 190 Å². The molecule has 1 aliphatic rings. The summed E-state index contributed by atoms with van der Waals surface area (Å²) in [5, 5.41) is 14.0. The second-order valence-corrected chi connectivity index (χ2v) is 7.88. The summed E-state index contributed by atoms with van der Waals surface area (Å²) in [6, 6.07) is -4.79. The van der Waals surface area contributed by atoms with Crippen LogP contribution in [0.4, 0.5) is 0 Å². The number of carbonyl (C=O) groups is 6. The third kappa shape index (κ3) is 9.02. The number of likely N-dealkylation sites (tertiary alicyclic amines) is 1. The van der Waals surface area contributed by atoms with Crippen LogP contribution in [0, 0.1) is 0 Å². The van der Waals surface area contributed by atoms with Gasteiger partial charge in [0.1, 0.15) is 18.1 Å². The Morgan fingerprint density at radius 1 is 0.970 bits per heavy atom. The first-order valence-electron chi connectivity index (χ1n) is 10.6. The summed E-state index contributed by atoms with van der Waals surface area (Å²) in [4.78, 5) is 72.9. The van der Waals surface area contributed by atoms with Crippen molar-refractivity contribution in [1.29, 1.82) is 0 Å². The van der Waals surface area contributed by atoms with Gasteiger partial charge in [-0.25, -0.2) is 4.79 Å². The maximum atomic E-state index is 12.9. The van der Waals surface area contributed by atoms with E-state index in [0.717, 1.165) is 0 Å². The summed E-state index contributed by atoms with van der Waals surface area (Å²) >= 11 is 0. The van der Waals surface area contributed by atoms with E-state index in [1.165, 1.54) is 4.90 Å². The monoisotopic (exact) mass is 471 g/mol. The summed E-state index contributed by atoms with van der Waals surface area (Å²) in [7, 11) is 0. The van der Waals surface area contributed by atoms with Crippen molar-refractivity contribution in [3.63, 3.8) is 0 Å². The first-order valence-corrected chi connectivity index (χ1v) is 10.6. The van der Waals surface area contributed by atoms with E-state index in [4.69, 9.17) is 22.9 Å². The van der Waals surface area contributed by atoms with Crippen molar-refractivity contribution < 1.29 is 33.9 Å². The van der Waals surface area contributed by atoms with Gasteiger partial charge >= 0.3 is 5.97 Å². The van der Waals surface area contributed by atoms with E-state index in [0.29, 0.717) is 32.2 Å². The maximum Gasteiger partial charge on any atom is 0.326 e. The molecule has 0 spiro atoms. The minimum absolute atomic E-state index is 0.152. The number of primary amides is 2. The molecule has 0 aromatic carbocycles. The summed E-state index contributed by atoms with van der Waals surface area (Å²) < 4.78 is 0. The molecule has 0 bridgehead atoms. The number of rotatable bonds is 14. The van der Waals surface area contributed by atoms with Gasteiger partial charge in [0.2, 0.25) is 29.5 Å². The number of carbonyl (C=O) groups excluding carboxylic acids is 5. The molecule has 5 amide bonds. The summed E-state index contributed by atoms with van der Waals surface area (Å²) in [6.07, 6.45) is 1.00. The van der Waals surface area contributed by atoms with Gasteiger partial charge in [-0.3, -0.25) is 24.0 Å². The predicted octanol–water partition coefficient (Wildman–Crippen LogP) is -3.76. The fraction of sp³-hybridized carbons (Fsp3) is 0.684. The standard InChI is InChI=1S/C19H33N7O7/c20-6-2-1-4-11(16(29)25-12(19(32)33)9-15(23)28)24-17(30)13-5-3-7-26(13)18(31)10(21)8-14(22)27/h10-13H,1-9,20-21H2,(H2,22,27)(H2,23,28)(H,24,30)(H,25,29)(H,32,33). The smallest absolute Gasteiger partial charge is 0.326 e. The molecule has 186 valence electrons. The lowest BCUT2D eigenvalue weighted by atomic mass is 10.1. The average Bonchev–Trinajstić information content (AvgIpc) is 3.20. The van der Waals surface area contributed by atoms with E-state index in [2.05, 4.69) is 10.6 Å². The molecule has 1 rings (SSSR count). The number of amides is 5. The van der Waals surface area contributed by atoms with E-state index in [1.54, 1.807) is 0 Å². The van der Waals surface area contributed by atoms with E-state index in [-0.39, 0.29) is 19.4 Å². The Bertz CT molecular complexity index is 761. The molecular weight excluding hydrogens is 438 g/mol. The summed E-state index contributed by atoms with van der Waals surface area (Å²) in [5.74, 6) is -5.17. The van der Waals surface area contributed by atoms with Crippen LogP contribution in [0.2, 0.25) is 0 Å². The van der Waals surface area contributed by atoms with E-state index in [9.17, 15) is 33.9 Å². The molecule has 0 saturated carbocycles. The summed E-state index contributed by atoms with van der Waals surface area (Å²) in [5.41, 5.74) is 21.3. The highest BCUT2D eigenvalue weighted by atomic mass is 16.4. The van der Waals surface area contributed by atoms with Crippen molar-refractivity contribution in [2.24, 2.45) is 22.9 Å². The van der Waals surface area contributed by atoms with Gasteiger partial charge in [0.25, 0.3) is 0 Å². The van der Waals surface area contributed by atoms with E-state index in [1.807, 2.05) is 0 Å². The first kappa shape index (κ1) is 27.8. The quantitative estimate of drug-likeness (QED) is 0.123. The van der Waals surface area contributed by atoms with E-state index >= 15 is 0 Å². The average molecular weight is 472 g/mol. The number of carboxylic acid groups (broad SMARTS) is 1. The second kappa shape index (κ2) is 13.3. The molecule has 0 radical (unpaired) electrons. The number of aliphatic carboxylic acids is 1. The van der Waals surface area contributed by atoms with Crippen molar-refractivity contribution in [1.82, 2.24) is 15.5 Å². The zero-order valence-electron chi connectivity index (χ0n) is 18.3. The molecule has 1 fully saturated rings. The Hall–Kier alpha value is -3.26. The van der Waals surface area contributed by atoms with Crippen molar-refractivity contribution in [2.45, 2.75) is 69.1 Å². The van der Waals surface area contributed by atoms with Crippen molar-refractivity contribution >= 4 is 35.5 Å². The van der Waals surface area contributed by atoms with Gasteiger partial charge in [-0.05, 0) is 38.6 Å². The molecule has 4 unspecified atom stereocenters. The lowest BCUT2D eigenvalue weighted by molar-refractivity contribution is -0.144. The third-order valence-electron chi connectivity index (χ3n) is 5.18. The minimum atomic E-state index is -1.56. The largest absolute Gasteiger partial charge is 0.480 e. The van der Waals surface area contributed by atoms with Crippen LogP contribution in [-0.2, 0) is 28.8 Å². The Balaban J connectivity index is 2.92. The normalized spacial score (nSPS) is 18.1. The Morgan fingerprint density at radius 3 is 2.15 bits per heavy atom. The minimum Gasteiger partial charge on any atom is -0.480 e. The zero-order chi connectivity index (χ0) is 25.1. The fourth-order valence-corrected chi connectivity index (χ4v) is 3.52. The van der Waals surface area contributed by atoms with Crippen LogP contribution in [0.1, 0.15) is 44.9 Å². The highest BCUT2D eigenvalue weighted by Gasteiger charge is 2.38. The molecule has 14 heteroatoms. The van der Waals surface area contributed by atoms with Gasteiger partial charge in [-0.15, -0.1) is 0 Å². The van der Waals surface area contributed by atoms with Gasteiger partial charge in [-0.1, -0.05) is 0 Å². The van der Waals surface area contributed by atoms with Crippen LogP contribution in [-0.4, -0.2) is 82.8 Å². The molecule has 0 aromatic rings. The topological polar surface area (TPSA) is 254 Å². The number of nitrogens with zero attached hydrogens (tertiary/aromatic N) is 1. The number of nitrogens with two attached hydrogens (primary N) is 4. The molecule has 1 aliphatic heterocycles. The highest BCUT2D eigenvalue weighted by molar-refractivity contribution is 5.95. The summed E-state index contributed by atoms with van der Waals surface area (Å²) in [6.45, 7) is 0.595. The number of nitrogens with one attached hydrogen (secondary N) is 2. The first-order chi connectivity index (χ1) is 15.5. The number of carboxylic acids is 1. The molecule has 14 nitrogen and oxygen atoms in total. The Kier molecular flexibility index (Phi) is 11.2. The van der Waals surface area contributed by atoms with Crippen LogP contribution >= 0.6 is 0 Å². The van der Waals surface area contributed by atoms with Gasteiger partial charge in [0.05, 0.1) is 18.9 Å². The third-order valence-corrected chi connectivity index (χ3v) is 5.18. The van der Waals surface area contributed by atoms with E-state index < -0.39 is 66.1 Å². The van der Waals surface area contributed by atoms with Crippen LogP contribution < -0.4 is 33.6 Å². The predicted molar refractivity (Wildman–Crippen MR) is 115 cm³/mol. The lowest BCUT2D eigenvalue weighted by Crippen LogP contribution is -2.57. The van der Waals surface area contributed by atoms with Crippen molar-refractivity contribution in [3.05, 3.63) is 0 Å². The van der Waals surface area contributed by atoms with Crippen molar-refractivity contribution in [2.75, 3.05) is 13.1 Å². The lowest BCUT2D eigenvalue weighted by Gasteiger charge is -2.28. The maximum absolute atomic E-state index is 12.9. The van der Waals surface area contributed by atoms with Gasteiger partial charge in [0.15, 0.2) is 0 Å². The molecule has 11 N–H and O–H groups in total. The highest BCUT2D eigenvalue weighted by Crippen LogP contribution is 2.19. The SMILES string of the molecule is NCCCCC(NC(=O)C1CCCN1C(=O)C(N)CC(N)=O)C(=O)NC(CC(N)=O)C(=O)O. The number of hydrogen-bond acceptors (Lipinski definition) is 8. The molecular formula is C19H33N7O7. The molecule has 4 atom stereocenters. The van der Waals surface area contributed by atoms with Crippen LogP contribution in [0.15, 0.2) is 0 Å². The molecule has 33 heavy (non-hydrogen) atoms. The fourth-order valence-electron chi connectivity index (χ4n) is 3.52. The van der Waals surface area contributed by atoms with Gasteiger partial charge in [-0.2, -0.15) is 0 Å². The van der Waals surface area contributed by atoms with Crippen LogP contribution in [0.5, 0.6) is 0 Å². The zero-order valence-corrected chi connectivity index (χ0v) is 18.3.